The van der Waals surface area contributed by atoms with Crippen LogP contribution in [0.15, 0.2) is 24.3 Å². The zero-order valence-electron chi connectivity index (χ0n) is 11.8. The summed E-state index contributed by atoms with van der Waals surface area (Å²) in [4.78, 5) is 24.6. The van der Waals surface area contributed by atoms with Crippen LogP contribution in [0.1, 0.15) is 6.42 Å². The van der Waals surface area contributed by atoms with Crippen LogP contribution < -0.4 is 4.74 Å². The Balaban J connectivity index is 1.93. The normalized spacial score (nSPS) is 18.1. The zero-order chi connectivity index (χ0) is 16.1. The molecule has 0 bridgehead atoms. The van der Waals surface area contributed by atoms with E-state index in [4.69, 9.17) is 14.9 Å². The van der Waals surface area contributed by atoms with E-state index in [9.17, 15) is 14.0 Å². The van der Waals surface area contributed by atoms with Crippen LogP contribution >= 0.6 is 0 Å². The Morgan fingerprint density at radius 3 is 2.59 bits per heavy atom. The molecule has 2 N–H and O–H groups in total. The summed E-state index contributed by atoms with van der Waals surface area (Å²) in [6.45, 7) is 0.448. The molecule has 22 heavy (non-hydrogen) atoms. The van der Waals surface area contributed by atoms with Crippen LogP contribution in [0.25, 0.3) is 0 Å². The second kappa shape index (κ2) is 6.97. The molecule has 120 valence electrons. The number of carbonyl (C=O) groups is 2. The fourth-order valence-electron chi connectivity index (χ4n) is 2.39. The lowest BCUT2D eigenvalue weighted by Crippen LogP contribution is -2.56. The van der Waals surface area contributed by atoms with Crippen molar-refractivity contribution in [3.8, 4) is 5.75 Å². The maximum atomic E-state index is 13.4. The fourth-order valence-corrected chi connectivity index (χ4v) is 2.39. The van der Waals surface area contributed by atoms with Crippen molar-refractivity contribution in [3.05, 3.63) is 30.1 Å². The molecular formula is C14H17FN2O5. The van der Waals surface area contributed by atoms with Gasteiger partial charge < -0.3 is 24.7 Å². The minimum atomic E-state index is -1.10. The molecule has 1 saturated heterocycles. The Morgan fingerprint density at radius 2 is 1.95 bits per heavy atom. The fraction of sp³-hybridized carbons (Fsp3) is 0.429. The van der Waals surface area contributed by atoms with Gasteiger partial charge in [-0.25, -0.2) is 14.0 Å². The summed E-state index contributed by atoms with van der Waals surface area (Å²) in [7, 11) is 0. The molecule has 8 heteroatoms. The monoisotopic (exact) mass is 312 g/mol. The minimum absolute atomic E-state index is 0.0856. The molecule has 1 aromatic carbocycles. The number of carboxylic acid groups (broad SMARTS) is 2. The number of halogens is 1. The highest BCUT2D eigenvalue weighted by Crippen LogP contribution is 2.18. The predicted octanol–water partition coefficient (Wildman–Crippen LogP) is 1.94. The number of ether oxygens (including phenoxy) is 1. The number of nitrogens with zero attached hydrogens (tertiary/aromatic N) is 2. The van der Waals surface area contributed by atoms with E-state index in [1.54, 1.807) is 12.1 Å². The molecule has 0 radical (unpaired) electrons. The van der Waals surface area contributed by atoms with Gasteiger partial charge in [-0.1, -0.05) is 12.1 Å². The molecule has 1 aliphatic heterocycles. The van der Waals surface area contributed by atoms with Crippen molar-refractivity contribution in [2.75, 3.05) is 26.2 Å². The quantitative estimate of drug-likeness (QED) is 0.886. The average molecular weight is 312 g/mol. The number of amides is 2. The van der Waals surface area contributed by atoms with Crippen molar-refractivity contribution < 1.29 is 28.9 Å². The molecule has 0 spiro atoms. The zero-order valence-corrected chi connectivity index (χ0v) is 11.8. The molecule has 7 nitrogen and oxygen atoms in total. The molecule has 1 aliphatic rings. The van der Waals surface area contributed by atoms with E-state index in [0.717, 1.165) is 0 Å². The first-order valence-corrected chi connectivity index (χ1v) is 6.84. The Labute approximate surface area is 126 Å². The van der Waals surface area contributed by atoms with Crippen molar-refractivity contribution in [2.45, 2.75) is 12.5 Å². The molecule has 2 rings (SSSR count). The van der Waals surface area contributed by atoms with Gasteiger partial charge in [0.15, 0.2) is 11.6 Å². The highest BCUT2D eigenvalue weighted by molar-refractivity contribution is 5.68. The molecular weight excluding hydrogens is 295 g/mol. The average Bonchev–Trinajstić information content (AvgIpc) is 2.48. The van der Waals surface area contributed by atoms with Crippen LogP contribution in [0.2, 0.25) is 0 Å². The third-order valence-corrected chi connectivity index (χ3v) is 3.54. The van der Waals surface area contributed by atoms with Crippen LogP contribution in [0.5, 0.6) is 5.75 Å². The van der Waals surface area contributed by atoms with Gasteiger partial charge in [0.2, 0.25) is 0 Å². The van der Waals surface area contributed by atoms with E-state index in [2.05, 4.69) is 0 Å². The Bertz CT molecular complexity index is 554. The predicted molar refractivity (Wildman–Crippen MR) is 74.6 cm³/mol. The lowest BCUT2D eigenvalue weighted by atomic mass is 10.1. The number of hydrogen-bond donors (Lipinski definition) is 2. The summed E-state index contributed by atoms with van der Waals surface area (Å²) >= 11 is 0. The smallest absolute Gasteiger partial charge is 0.407 e. The first-order chi connectivity index (χ1) is 10.5. The number of rotatable bonds is 4. The molecule has 2 amide bonds. The number of hydrogen-bond acceptors (Lipinski definition) is 3. The first-order valence-electron chi connectivity index (χ1n) is 6.84. The molecule has 0 aliphatic carbocycles. The summed E-state index contributed by atoms with van der Waals surface area (Å²) in [6.07, 6.45) is -1.89. The van der Waals surface area contributed by atoms with Gasteiger partial charge in [-0.2, -0.15) is 0 Å². The standard InChI is InChI=1S/C14H17FN2O5/c15-11-3-1-2-4-12(11)22-8-5-10-9-16(13(18)19)6-7-17(10)14(20)21/h1-4,10H,5-9H2,(H,18,19)(H,20,21)/t10-/m1/s1. The summed E-state index contributed by atoms with van der Waals surface area (Å²) in [5, 5.41) is 18.2. The van der Waals surface area contributed by atoms with Gasteiger partial charge in [0, 0.05) is 26.1 Å². The Hall–Kier alpha value is -2.51. The van der Waals surface area contributed by atoms with Gasteiger partial charge in [0.25, 0.3) is 0 Å². The van der Waals surface area contributed by atoms with Crippen LogP contribution in [0.3, 0.4) is 0 Å². The Kier molecular flexibility index (Phi) is 5.03. The number of para-hydroxylation sites is 1. The third-order valence-electron chi connectivity index (χ3n) is 3.54. The van der Waals surface area contributed by atoms with Gasteiger partial charge >= 0.3 is 12.2 Å². The number of benzene rings is 1. The molecule has 1 aromatic rings. The van der Waals surface area contributed by atoms with E-state index >= 15 is 0 Å². The van der Waals surface area contributed by atoms with Crippen LogP contribution in [-0.2, 0) is 0 Å². The van der Waals surface area contributed by atoms with E-state index in [0.29, 0.717) is 0 Å². The van der Waals surface area contributed by atoms with Gasteiger partial charge in [-0.15, -0.1) is 0 Å². The van der Waals surface area contributed by atoms with Crippen molar-refractivity contribution in [2.24, 2.45) is 0 Å². The van der Waals surface area contributed by atoms with E-state index in [1.165, 1.54) is 21.9 Å². The van der Waals surface area contributed by atoms with E-state index in [-0.39, 0.29) is 38.4 Å². The minimum Gasteiger partial charge on any atom is -0.490 e. The first kappa shape index (κ1) is 15.9. The number of piperazine rings is 1. The van der Waals surface area contributed by atoms with E-state index in [1.807, 2.05) is 0 Å². The van der Waals surface area contributed by atoms with E-state index < -0.39 is 24.0 Å². The topological polar surface area (TPSA) is 90.3 Å². The Morgan fingerprint density at radius 1 is 1.23 bits per heavy atom. The lowest BCUT2D eigenvalue weighted by molar-refractivity contribution is 0.0560. The maximum absolute atomic E-state index is 13.4. The van der Waals surface area contributed by atoms with Gasteiger partial charge in [-0.3, -0.25) is 0 Å². The van der Waals surface area contributed by atoms with Crippen molar-refractivity contribution in [3.63, 3.8) is 0 Å². The van der Waals surface area contributed by atoms with Gasteiger partial charge in [-0.05, 0) is 12.1 Å². The summed E-state index contributed by atoms with van der Waals surface area (Å²) in [5.41, 5.74) is 0. The summed E-state index contributed by atoms with van der Waals surface area (Å²) in [6, 6.07) is 5.42. The second-order valence-corrected chi connectivity index (χ2v) is 4.93. The summed E-state index contributed by atoms with van der Waals surface area (Å²) < 4.78 is 18.7. The second-order valence-electron chi connectivity index (χ2n) is 4.93. The molecule has 0 aromatic heterocycles. The SMILES string of the molecule is O=C(O)N1CCN(C(=O)O)[C@H](CCOc2ccccc2F)C1. The van der Waals surface area contributed by atoms with Crippen molar-refractivity contribution in [1.29, 1.82) is 0 Å². The van der Waals surface area contributed by atoms with Crippen LogP contribution in [0.4, 0.5) is 14.0 Å². The highest BCUT2D eigenvalue weighted by atomic mass is 19.1. The highest BCUT2D eigenvalue weighted by Gasteiger charge is 2.32. The van der Waals surface area contributed by atoms with Crippen LogP contribution in [-0.4, -0.2) is 64.5 Å². The molecule has 1 atom stereocenters. The molecule has 1 heterocycles. The maximum Gasteiger partial charge on any atom is 0.407 e. The molecule has 1 fully saturated rings. The van der Waals surface area contributed by atoms with Crippen LogP contribution in [0, 0.1) is 5.82 Å². The lowest BCUT2D eigenvalue weighted by Gasteiger charge is -2.38. The largest absolute Gasteiger partial charge is 0.490 e. The third kappa shape index (κ3) is 3.78. The van der Waals surface area contributed by atoms with Crippen molar-refractivity contribution >= 4 is 12.2 Å². The summed E-state index contributed by atoms with van der Waals surface area (Å²) in [5.74, 6) is -0.399. The van der Waals surface area contributed by atoms with Gasteiger partial charge in [0.1, 0.15) is 0 Å². The molecule has 0 saturated carbocycles. The molecule has 0 unspecified atom stereocenters. The van der Waals surface area contributed by atoms with Crippen molar-refractivity contribution in [1.82, 2.24) is 9.80 Å². The van der Waals surface area contributed by atoms with Gasteiger partial charge in [0.05, 0.1) is 12.6 Å².